The summed E-state index contributed by atoms with van der Waals surface area (Å²) in [5.74, 6) is -1.47. The Hall–Kier alpha value is -2.14. The van der Waals surface area contributed by atoms with Gasteiger partial charge in [0.15, 0.2) is 0 Å². The second-order valence-corrected chi connectivity index (χ2v) is 4.18. The van der Waals surface area contributed by atoms with E-state index in [1.807, 2.05) is 0 Å². The van der Waals surface area contributed by atoms with Crippen LogP contribution in [0.25, 0.3) is 0 Å². The van der Waals surface area contributed by atoms with Crippen LogP contribution in [0.4, 0.5) is 4.39 Å². The summed E-state index contributed by atoms with van der Waals surface area (Å²) in [5.41, 5.74) is 0.491. The lowest BCUT2D eigenvalue weighted by molar-refractivity contribution is 0.0691. The lowest BCUT2D eigenvalue weighted by Crippen LogP contribution is -2.03. The third-order valence-electron chi connectivity index (χ3n) is 2.33. The number of carboxylic acids is 1. The molecule has 0 saturated carbocycles. The van der Waals surface area contributed by atoms with Gasteiger partial charge in [0.05, 0.1) is 6.20 Å². The highest BCUT2D eigenvalue weighted by Gasteiger charge is 2.12. The predicted molar refractivity (Wildman–Crippen MR) is 66.9 cm³/mol. The molecule has 0 radical (unpaired) electrons. The first kappa shape index (κ1) is 13.3. The number of rotatable bonds is 4. The zero-order valence-electron chi connectivity index (χ0n) is 9.64. The standard InChI is InChI=1S/C13H9ClFNO3/c14-9-1-2-11(13(17)18)12(4-9)19-7-8-3-10(15)6-16-5-8/h1-6H,7H2,(H,17,18). The van der Waals surface area contributed by atoms with Gasteiger partial charge in [-0.15, -0.1) is 0 Å². The van der Waals surface area contributed by atoms with Gasteiger partial charge in [-0.2, -0.15) is 0 Å². The molecule has 4 nitrogen and oxygen atoms in total. The Labute approximate surface area is 113 Å². The van der Waals surface area contributed by atoms with E-state index in [4.69, 9.17) is 21.4 Å². The normalized spacial score (nSPS) is 10.2. The van der Waals surface area contributed by atoms with Crippen molar-refractivity contribution in [2.45, 2.75) is 6.61 Å². The largest absolute Gasteiger partial charge is 0.488 e. The molecule has 0 bridgehead atoms. The number of carbonyl (C=O) groups is 1. The van der Waals surface area contributed by atoms with E-state index < -0.39 is 11.8 Å². The van der Waals surface area contributed by atoms with Crippen LogP contribution in [0.2, 0.25) is 5.02 Å². The Morgan fingerprint density at radius 2 is 2.16 bits per heavy atom. The number of carboxylic acid groups (broad SMARTS) is 1. The summed E-state index contributed by atoms with van der Waals surface area (Å²) in [7, 11) is 0. The average molecular weight is 282 g/mol. The third-order valence-corrected chi connectivity index (χ3v) is 2.57. The first-order valence-electron chi connectivity index (χ1n) is 5.31. The molecule has 0 unspecified atom stereocenters. The first-order chi connectivity index (χ1) is 9.06. The number of halogens is 2. The SMILES string of the molecule is O=C(O)c1ccc(Cl)cc1OCc1cncc(F)c1. The maximum absolute atomic E-state index is 12.9. The van der Waals surface area contributed by atoms with Crippen molar-refractivity contribution >= 4 is 17.6 Å². The number of benzene rings is 1. The summed E-state index contributed by atoms with van der Waals surface area (Å²) >= 11 is 5.78. The monoisotopic (exact) mass is 281 g/mol. The van der Waals surface area contributed by atoms with E-state index in [2.05, 4.69) is 4.98 Å². The lowest BCUT2D eigenvalue weighted by atomic mass is 10.2. The maximum Gasteiger partial charge on any atom is 0.339 e. The summed E-state index contributed by atoms with van der Waals surface area (Å²) in [4.78, 5) is 14.7. The minimum Gasteiger partial charge on any atom is -0.488 e. The first-order valence-corrected chi connectivity index (χ1v) is 5.69. The van der Waals surface area contributed by atoms with Crippen molar-refractivity contribution in [1.82, 2.24) is 4.98 Å². The smallest absolute Gasteiger partial charge is 0.339 e. The Bertz CT molecular complexity index is 619. The lowest BCUT2D eigenvalue weighted by Gasteiger charge is -2.09. The fourth-order valence-corrected chi connectivity index (χ4v) is 1.65. The van der Waals surface area contributed by atoms with Crippen molar-refractivity contribution < 1.29 is 19.0 Å². The van der Waals surface area contributed by atoms with Crippen LogP contribution in [0.5, 0.6) is 5.75 Å². The second kappa shape index (κ2) is 5.67. The fourth-order valence-electron chi connectivity index (χ4n) is 1.49. The van der Waals surface area contributed by atoms with Crippen LogP contribution in [-0.4, -0.2) is 16.1 Å². The van der Waals surface area contributed by atoms with E-state index in [1.165, 1.54) is 30.5 Å². The number of hydrogen-bond acceptors (Lipinski definition) is 3. The molecule has 0 aliphatic carbocycles. The molecule has 0 aliphatic heterocycles. The molecular formula is C13H9ClFNO3. The molecular weight excluding hydrogens is 273 g/mol. The zero-order valence-corrected chi connectivity index (χ0v) is 10.4. The van der Waals surface area contributed by atoms with E-state index in [-0.39, 0.29) is 17.9 Å². The van der Waals surface area contributed by atoms with Crippen LogP contribution in [0.3, 0.4) is 0 Å². The molecule has 1 aromatic carbocycles. The Morgan fingerprint density at radius 3 is 2.84 bits per heavy atom. The molecule has 19 heavy (non-hydrogen) atoms. The number of ether oxygens (including phenoxy) is 1. The summed E-state index contributed by atoms with van der Waals surface area (Å²) in [6.45, 7) is 0.00534. The molecule has 2 rings (SSSR count). The summed E-state index contributed by atoms with van der Waals surface area (Å²) in [6, 6.07) is 5.47. The number of nitrogens with zero attached hydrogens (tertiary/aromatic N) is 1. The zero-order chi connectivity index (χ0) is 13.8. The van der Waals surface area contributed by atoms with Crippen molar-refractivity contribution in [3.8, 4) is 5.75 Å². The molecule has 0 atom stereocenters. The molecule has 1 heterocycles. The molecule has 1 aromatic heterocycles. The fraction of sp³-hybridized carbons (Fsp3) is 0.0769. The van der Waals surface area contributed by atoms with Crippen molar-refractivity contribution in [2.24, 2.45) is 0 Å². The van der Waals surface area contributed by atoms with Gasteiger partial charge in [0.25, 0.3) is 0 Å². The average Bonchev–Trinajstić information content (AvgIpc) is 2.36. The minimum absolute atomic E-state index is 0.00534. The van der Waals surface area contributed by atoms with E-state index in [1.54, 1.807) is 0 Å². The second-order valence-electron chi connectivity index (χ2n) is 3.75. The Balaban J connectivity index is 2.19. The van der Waals surface area contributed by atoms with Crippen LogP contribution in [0, 0.1) is 5.82 Å². The van der Waals surface area contributed by atoms with Gasteiger partial charge in [-0.3, -0.25) is 4.98 Å². The van der Waals surface area contributed by atoms with Gasteiger partial charge in [0, 0.05) is 16.8 Å². The highest BCUT2D eigenvalue weighted by molar-refractivity contribution is 6.30. The molecule has 98 valence electrons. The van der Waals surface area contributed by atoms with Crippen LogP contribution in [-0.2, 0) is 6.61 Å². The maximum atomic E-state index is 12.9. The molecule has 0 fully saturated rings. The van der Waals surface area contributed by atoms with Gasteiger partial charge in [-0.1, -0.05) is 11.6 Å². The highest BCUT2D eigenvalue weighted by Crippen LogP contribution is 2.24. The van der Waals surface area contributed by atoms with Crippen LogP contribution in [0.1, 0.15) is 15.9 Å². The van der Waals surface area contributed by atoms with Crippen LogP contribution < -0.4 is 4.74 Å². The van der Waals surface area contributed by atoms with Crippen LogP contribution in [0.15, 0.2) is 36.7 Å². The topological polar surface area (TPSA) is 59.4 Å². The number of aromatic carboxylic acids is 1. The molecule has 0 aliphatic rings. The van der Waals surface area contributed by atoms with Gasteiger partial charge in [0.2, 0.25) is 0 Å². The quantitative estimate of drug-likeness (QED) is 0.935. The molecule has 6 heteroatoms. The third kappa shape index (κ3) is 3.42. The van der Waals surface area contributed by atoms with Crippen molar-refractivity contribution in [2.75, 3.05) is 0 Å². The van der Waals surface area contributed by atoms with Crippen LogP contribution >= 0.6 is 11.6 Å². The Morgan fingerprint density at radius 1 is 1.37 bits per heavy atom. The molecule has 2 aromatic rings. The van der Waals surface area contributed by atoms with E-state index >= 15 is 0 Å². The van der Waals surface area contributed by atoms with Gasteiger partial charge in [-0.05, 0) is 24.3 Å². The summed E-state index contributed by atoms with van der Waals surface area (Å²) in [5, 5.41) is 9.36. The van der Waals surface area contributed by atoms with Crippen molar-refractivity contribution in [1.29, 1.82) is 0 Å². The van der Waals surface area contributed by atoms with Gasteiger partial charge >= 0.3 is 5.97 Å². The highest BCUT2D eigenvalue weighted by atomic mass is 35.5. The van der Waals surface area contributed by atoms with Gasteiger partial charge in [-0.25, -0.2) is 9.18 Å². The molecule has 0 saturated heterocycles. The van der Waals surface area contributed by atoms with E-state index in [9.17, 15) is 9.18 Å². The number of aromatic nitrogens is 1. The minimum atomic E-state index is -1.12. The molecule has 1 N–H and O–H groups in total. The summed E-state index contributed by atoms with van der Waals surface area (Å²) in [6.07, 6.45) is 2.51. The molecule has 0 spiro atoms. The van der Waals surface area contributed by atoms with Gasteiger partial charge < -0.3 is 9.84 Å². The van der Waals surface area contributed by atoms with Crippen molar-refractivity contribution in [3.63, 3.8) is 0 Å². The molecule has 0 amide bonds. The Kier molecular flexibility index (Phi) is 3.97. The van der Waals surface area contributed by atoms with E-state index in [0.29, 0.717) is 10.6 Å². The number of hydrogen-bond donors (Lipinski definition) is 1. The number of pyridine rings is 1. The van der Waals surface area contributed by atoms with Gasteiger partial charge in [0.1, 0.15) is 23.7 Å². The predicted octanol–water partition coefficient (Wildman–Crippen LogP) is 3.15. The summed E-state index contributed by atoms with van der Waals surface area (Å²) < 4.78 is 18.3. The van der Waals surface area contributed by atoms with Crippen molar-refractivity contribution in [3.05, 3.63) is 58.6 Å². The van der Waals surface area contributed by atoms with E-state index in [0.717, 1.165) is 6.20 Å².